The molecular formula is C7H6F2INO2S2. The molecule has 0 radical (unpaired) electrons. The van der Waals surface area contributed by atoms with Crippen LogP contribution in [-0.4, -0.2) is 19.2 Å². The molecule has 0 saturated carbocycles. The molecule has 0 fully saturated rings. The van der Waals surface area contributed by atoms with Crippen LogP contribution in [0.15, 0.2) is 22.7 Å². The Morgan fingerprint density at radius 1 is 1.60 bits per heavy atom. The molecule has 1 aromatic rings. The molecule has 0 saturated heterocycles. The molecule has 0 aliphatic carbocycles. The molecule has 0 aliphatic heterocycles. The van der Waals surface area contributed by atoms with E-state index in [1.165, 1.54) is 6.20 Å². The van der Waals surface area contributed by atoms with Crippen molar-refractivity contribution < 1.29 is 17.2 Å². The molecule has 3 nitrogen and oxygen atoms in total. The molecule has 15 heavy (non-hydrogen) atoms. The van der Waals surface area contributed by atoms with E-state index in [2.05, 4.69) is 4.98 Å². The van der Waals surface area contributed by atoms with Gasteiger partial charge in [0.25, 0.3) is 6.08 Å². The summed E-state index contributed by atoms with van der Waals surface area (Å²) in [6.07, 6.45) is -0.0281. The summed E-state index contributed by atoms with van der Waals surface area (Å²) in [5, 5.41) is 0. The first-order chi connectivity index (χ1) is 6.92. The van der Waals surface area contributed by atoms with Crippen molar-refractivity contribution >= 4 is 43.8 Å². The second kappa shape index (κ2) is 5.30. The number of thiazole rings is 1. The van der Waals surface area contributed by atoms with Crippen LogP contribution >= 0.6 is 33.9 Å². The number of hydrogen-bond donors (Lipinski definition) is 0. The van der Waals surface area contributed by atoms with Crippen LogP contribution in [0.1, 0.15) is 6.42 Å². The van der Waals surface area contributed by atoms with E-state index in [-0.39, 0.29) is 16.5 Å². The Bertz CT molecular complexity index is 465. The summed E-state index contributed by atoms with van der Waals surface area (Å²) >= 11 is 2.98. The predicted octanol–water partition coefficient (Wildman–Crippen LogP) is 2.69. The average molecular weight is 365 g/mol. The molecule has 84 valence electrons. The minimum Gasteiger partial charge on any atom is -0.233 e. The number of halogens is 3. The van der Waals surface area contributed by atoms with E-state index in [1.54, 1.807) is 0 Å². The molecule has 0 bridgehead atoms. The Kier molecular flexibility index (Phi) is 4.59. The third-order valence-electron chi connectivity index (χ3n) is 1.41. The molecule has 0 spiro atoms. The van der Waals surface area contributed by atoms with Gasteiger partial charge in [-0.3, -0.25) is 0 Å². The van der Waals surface area contributed by atoms with Crippen molar-refractivity contribution in [3.8, 4) is 0 Å². The molecular weight excluding hydrogens is 359 g/mol. The van der Waals surface area contributed by atoms with Crippen LogP contribution in [0.5, 0.6) is 0 Å². The highest BCUT2D eigenvalue weighted by atomic mass is 127. The predicted molar refractivity (Wildman–Crippen MR) is 61.8 cm³/mol. The van der Waals surface area contributed by atoms with Crippen molar-refractivity contribution in [2.45, 2.75) is 10.8 Å². The zero-order valence-corrected chi connectivity index (χ0v) is 11.1. The first kappa shape index (κ1) is 13.0. The summed E-state index contributed by atoms with van der Waals surface area (Å²) in [7, 11) is -3.51. The van der Waals surface area contributed by atoms with Crippen molar-refractivity contribution in [2.75, 3.05) is 5.75 Å². The second-order valence-electron chi connectivity index (χ2n) is 2.53. The molecule has 1 rings (SSSR count). The van der Waals surface area contributed by atoms with E-state index in [4.69, 9.17) is 0 Å². The lowest BCUT2D eigenvalue weighted by atomic mass is 10.5. The summed E-state index contributed by atoms with van der Waals surface area (Å²) in [6.45, 7) is 0. The minimum absolute atomic E-state index is 0.0143. The summed E-state index contributed by atoms with van der Waals surface area (Å²) in [5.74, 6) is -0.339. The number of rotatable bonds is 4. The fourth-order valence-corrected chi connectivity index (χ4v) is 4.23. The van der Waals surface area contributed by atoms with Crippen molar-refractivity contribution in [2.24, 2.45) is 0 Å². The van der Waals surface area contributed by atoms with Crippen molar-refractivity contribution in [1.82, 2.24) is 4.98 Å². The zero-order chi connectivity index (χ0) is 11.5. The van der Waals surface area contributed by atoms with Gasteiger partial charge in [-0.2, -0.15) is 8.78 Å². The van der Waals surface area contributed by atoms with Crippen molar-refractivity contribution in [1.29, 1.82) is 0 Å². The summed E-state index contributed by atoms with van der Waals surface area (Å²) in [6, 6.07) is 0. The van der Waals surface area contributed by atoms with Crippen LogP contribution < -0.4 is 0 Å². The lowest BCUT2D eigenvalue weighted by Gasteiger charge is -1.96. The van der Waals surface area contributed by atoms with Crippen LogP contribution in [0.3, 0.4) is 0 Å². The van der Waals surface area contributed by atoms with Gasteiger partial charge < -0.3 is 0 Å². The Balaban J connectivity index is 2.73. The maximum atomic E-state index is 11.7. The summed E-state index contributed by atoms with van der Waals surface area (Å²) < 4.78 is 47.1. The molecule has 0 aliphatic rings. The molecule has 0 N–H and O–H groups in total. The second-order valence-corrected chi connectivity index (χ2v) is 7.74. The third kappa shape index (κ3) is 4.11. The lowest BCUT2D eigenvalue weighted by Crippen LogP contribution is -2.05. The van der Waals surface area contributed by atoms with Gasteiger partial charge in [0, 0.05) is 0 Å². The summed E-state index contributed by atoms with van der Waals surface area (Å²) in [5.41, 5.74) is 0. The molecule has 1 heterocycles. The highest BCUT2D eigenvalue weighted by Crippen LogP contribution is 2.21. The summed E-state index contributed by atoms with van der Waals surface area (Å²) in [4.78, 5) is 3.70. The topological polar surface area (TPSA) is 47.0 Å². The number of sulfone groups is 1. The Morgan fingerprint density at radius 2 is 2.27 bits per heavy atom. The monoisotopic (exact) mass is 365 g/mol. The normalized spacial score (nSPS) is 11.4. The van der Waals surface area contributed by atoms with Gasteiger partial charge in [-0.25, -0.2) is 13.4 Å². The van der Waals surface area contributed by atoms with Crippen LogP contribution in [0.4, 0.5) is 8.78 Å². The standard InChI is InChI=1S/C7H6F2INO2S2/c8-5(9)2-1-3-15(12,13)7-11-4-6(10)14-7/h2,4H,1,3H2. The van der Waals surface area contributed by atoms with E-state index in [1.807, 2.05) is 22.6 Å². The van der Waals surface area contributed by atoms with Crippen LogP contribution in [-0.2, 0) is 9.84 Å². The largest absolute Gasteiger partial charge is 0.266 e. The van der Waals surface area contributed by atoms with E-state index in [0.29, 0.717) is 6.08 Å². The number of allylic oxidation sites excluding steroid dienone is 1. The number of hydrogen-bond acceptors (Lipinski definition) is 4. The van der Waals surface area contributed by atoms with E-state index in [9.17, 15) is 17.2 Å². The van der Waals surface area contributed by atoms with Gasteiger partial charge in [-0.05, 0) is 35.1 Å². The van der Waals surface area contributed by atoms with Gasteiger partial charge in [0.2, 0.25) is 14.2 Å². The van der Waals surface area contributed by atoms with Crippen LogP contribution in [0, 0.1) is 2.88 Å². The highest BCUT2D eigenvalue weighted by Gasteiger charge is 2.17. The molecule has 0 aromatic carbocycles. The van der Waals surface area contributed by atoms with Gasteiger partial charge in [-0.15, -0.1) is 0 Å². The Hall–Kier alpha value is -0.0900. The molecule has 0 amide bonds. The maximum absolute atomic E-state index is 11.7. The highest BCUT2D eigenvalue weighted by molar-refractivity contribution is 14.1. The molecule has 8 heteroatoms. The third-order valence-corrected chi connectivity index (χ3v) is 5.35. The number of aromatic nitrogens is 1. The first-order valence-corrected chi connectivity index (χ1v) is 7.32. The number of nitrogens with zero attached hydrogens (tertiary/aromatic N) is 1. The van der Waals surface area contributed by atoms with Crippen molar-refractivity contribution in [3.63, 3.8) is 0 Å². The van der Waals surface area contributed by atoms with E-state index >= 15 is 0 Å². The lowest BCUT2D eigenvalue weighted by molar-refractivity contribution is 0.418. The fourth-order valence-electron chi connectivity index (χ4n) is 0.794. The van der Waals surface area contributed by atoms with Gasteiger partial charge in [0.15, 0.2) is 0 Å². The fraction of sp³-hybridized carbons (Fsp3) is 0.286. The van der Waals surface area contributed by atoms with E-state index in [0.717, 1.165) is 14.2 Å². The smallest absolute Gasteiger partial charge is 0.233 e. The first-order valence-electron chi connectivity index (χ1n) is 3.77. The van der Waals surface area contributed by atoms with Crippen LogP contribution in [0.25, 0.3) is 0 Å². The molecule has 0 unspecified atom stereocenters. The Morgan fingerprint density at radius 3 is 2.73 bits per heavy atom. The zero-order valence-electron chi connectivity index (χ0n) is 7.28. The SMILES string of the molecule is O=S(=O)(CCC=C(F)F)c1ncc(I)s1. The van der Waals surface area contributed by atoms with Gasteiger partial charge in [-0.1, -0.05) is 11.3 Å². The van der Waals surface area contributed by atoms with Gasteiger partial charge in [0.1, 0.15) is 0 Å². The average Bonchev–Trinajstić information content (AvgIpc) is 2.51. The minimum atomic E-state index is -3.51. The van der Waals surface area contributed by atoms with Crippen molar-refractivity contribution in [3.05, 3.63) is 21.2 Å². The maximum Gasteiger partial charge on any atom is 0.266 e. The van der Waals surface area contributed by atoms with Gasteiger partial charge in [0.05, 0.1) is 14.8 Å². The quantitative estimate of drug-likeness (QED) is 0.771. The Labute approximate surface area is 103 Å². The molecule has 1 aromatic heterocycles. The van der Waals surface area contributed by atoms with Gasteiger partial charge >= 0.3 is 0 Å². The van der Waals surface area contributed by atoms with Crippen LogP contribution in [0.2, 0.25) is 0 Å². The van der Waals surface area contributed by atoms with E-state index < -0.39 is 15.9 Å². The molecule has 0 atom stereocenters.